The van der Waals surface area contributed by atoms with E-state index in [1.165, 1.54) is 6.07 Å². The van der Waals surface area contributed by atoms with Crippen LogP contribution < -0.4 is 5.56 Å². The van der Waals surface area contributed by atoms with Crippen LogP contribution in [0.5, 0.6) is 0 Å². The van der Waals surface area contributed by atoms with Gasteiger partial charge < -0.3 is 9.42 Å². The van der Waals surface area contributed by atoms with E-state index in [1.54, 1.807) is 0 Å². The summed E-state index contributed by atoms with van der Waals surface area (Å²) in [5.41, 5.74) is -0.375. The van der Waals surface area contributed by atoms with E-state index in [4.69, 9.17) is 4.52 Å². The van der Waals surface area contributed by atoms with Crippen molar-refractivity contribution in [2.45, 2.75) is 44.8 Å². The molecule has 26 heavy (non-hydrogen) atoms. The van der Waals surface area contributed by atoms with Gasteiger partial charge in [-0.2, -0.15) is 23.4 Å². The zero-order valence-electron chi connectivity index (χ0n) is 14.6. The molecule has 0 bridgehead atoms. The van der Waals surface area contributed by atoms with E-state index in [2.05, 4.69) is 27.2 Å². The Morgan fingerprint density at radius 2 is 2.04 bits per heavy atom. The summed E-state index contributed by atoms with van der Waals surface area (Å²) in [5, 5.41) is 6.26. The van der Waals surface area contributed by atoms with Crippen molar-refractivity contribution in [3.8, 4) is 0 Å². The number of rotatable bonds is 6. The molecule has 7 nitrogen and oxygen atoms in total. The molecule has 1 saturated heterocycles. The fourth-order valence-electron chi connectivity index (χ4n) is 3.20. The second-order valence-corrected chi connectivity index (χ2v) is 6.85. The smallest absolute Gasteiger partial charge is 0.384 e. The quantitative estimate of drug-likeness (QED) is 0.835. The summed E-state index contributed by atoms with van der Waals surface area (Å²) in [6, 6.07) is 1.28. The molecule has 0 saturated carbocycles. The Labute approximate surface area is 148 Å². The number of piperidine rings is 1. The van der Waals surface area contributed by atoms with Crippen molar-refractivity contribution < 1.29 is 17.7 Å². The number of nitrogens with zero attached hydrogens (tertiary/aromatic N) is 4. The minimum Gasteiger partial charge on any atom is -0.384 e. The van der Waals surface area contributed by atoms with E-state index >= 15 is 0 Å². The molecule has 3 rings (SSSR count). The molecule has 2 aromatic rings. The molecule has 144 valence electrons. The lowest BCUT2D eigenvalue weighted by Crippen LogP contribution is -2.31. The number of aromatic nitrogens is 4. The number of aromatic amines is 1. The van der Waals surface area contributed by atoms with Crippen LogP contribution in [0.25, 0.3) is 0 Å². The first kappa shape index (κ1) is 18.7. The summed E-state index contributed by atoms with van der Waals surface area (Å²) in [5.74, 6) is 1.49. The highest BCUT2D eigenvalue weighted by molar-refractivity contribution is 5.01. The van der Waals surface area contributed by atoms with Crippen LogP contribution in [0, 0.1) is 5.92 Å². The van der Waals surface area contributed by atoms with Gasteiger partial charge in [0.15, 0.2) is 5.82 Å². The average molecular weight is 373 g/mol. The number of halogens is 3. The minimum atomic E-state index is -4.37. The Balaban J connectivity index is 1.70. The molecule has 0 atom stereocenters. The third-order valence-electron chi connectivity index (χ3n) is 4.60. The van der Waals surface area contributed by atoms with Crippen molar-refractivity contribution in [1.82, 2.24) is 24.8 Å². The van der Waals surface area contributed by atoms with E-state index in [1.807, 2.05) is 0 Å². The highest BCUT2D eigenvalue weighted by Crippen LogP contribution is 2.22. The molecule has 1 aliphatic heterocycles. The van der Waals surface area contributed by atoms with Crippen molar-refractivity contribution in [3.63, 3.8) is 0 Å². The van der Waals surface area contributed by atoms with Gasteiger partial charge in [-0.25, -0.2) is 9.67 Å². The summed E-state index contributed by atoms with van der Waals surface area (Å²) in [4.78, 5) is 17.6. The first-order chi connectivity index (χ1) is 12.3. The van der Waals surface area contributed by atoms with Crippen molar-refractivity contribution in [2.24, 2.45) is 5.92 Å². The second kappa shape index (κ2) is 7.65. The Bertz CT molecular complexity index is 771. The van der Waals surface area contributed by atoms with Crippen LogP contribution in [0.1, 0.15) is 30.3 Å². The molecule has 2 aromatic heterocycles. The topological polar surface area (TPSA) is 80.0 Å². The van der Waals surface area contributed by atoms with Crippen LogP contribution in [0.3, 0.4) is 0 Å². The van der Waals surface area contributed by atoms with E-state index in [-0.39, 0.29) is 24.2 Å². The van der Waals surface area contributed by atoms with Crippen LogP contribution in [0.2, 0.25) is 0 Å². The average Bonchev–Trinajstić information content (AvgIpc) is 3.12. The molecule has 0 aromatic carbocycles. The molecule has 1 N–H and O–H groups in total. The fourth-order valence-corrected chi connectivity index (χ4v) is 3.20. The molecule has 1 fully saturated rings. The Morgan fingerprint density at radius 1 is 1.31 bits per heavy atom. The maximum Gasteiger partial charge on any atom is 0.408 e. The predicted octanol–water partition coefficient (Wildman–Crippen LogP) is 1.79. The highest BCUT2D eigenvalue weighted by atomic mass is 19.4. The minimum absolute atomic E-state index is 0.220. The summed E-state index contributed by atoms with van der Waals surface area (Å²) in [6.07, 6.45) is -1.29. The Kier molecular flexibility index (Phi) is 5.49. The molecule has 0 aliphatic carbocycles. The van der Waals surface area contributed by atoms with Crippen LogP contribution in [0.4, 0.5) is 13.2 Å². The Hall–Kier alpha value is -2.10. The van der Waals surface area contributed by atoms with E-state index in [9.17, 15) is 18.0 Å². The van der Waals surface area contributed by atoms with Crippen LogP contribution in [0.15, 0.2) is 15.4 Å². The first-order valence-electron chi connectivity index (χ1n) is 8.64. The van der Waals surface area contributed by atoms with Gasteiger partial charge in [0, 0.05) is 25.3 Å². The fraction of sp³-hybridized carbons (Fsp3) is 0.688. The van der Waals surface area contributed by atoms with Gasteiger partial charge in [-0.05, 0) is 38.9 Å². The second-order valence-electron chi connectivity index (χ2n) is 6.85. The molecule has 1 aliphatic rings. The Morgan fingerprint density at radius 3 is 2.65 bits per heavy atom. The van der Waals surface area contributed by atoms with Gasteiger partial charge in [-0.15, -0.1) is 0 Å². The summed E-state index contributed by atoms with van der Waals surface area (Å²) >= 11 is 0. The van der Waals surface area contributed by atoms with E-state index in [0.29, 0.717) is 23.9 Å². The normalized spacial score (nSPS) is 17.1. The zero-order valence-corrected chi connectivity index (χ0v) is 14.6. The molecule has 0 unspecified atom stereocenters. The molecule has 0 spiro atoms. The molecule has 0 radical (unpaired) electrons. The number of H-pyrrole nitrogens is 1. The number of alkyl halides is 3. The van der Waals surface area contributed by atoms with Gasteiger partial charge in [-0.1, -0.05) is 0 Å². The molecule has 3 heterocycles. The van der Waals surface area contributed by atoms with E-state index < -0.39 is 12.7 Å². The number of hydrogen-bond donors (Lipinski definition) is 1. The number of likely N-dealkylation sites (tertiary alicyclic amines) is 1. The number of aryl methyl sites for hydroxylation is 2. The van der Waals surface area contributed by atoms with Gasteiger partial charge in [0.1, 0.15) is 18.1 Å². The van der Waals surface area contributed by atoms with Crippen molar-refractivity contribution in [1.29, 1.82) is 0 Å². The summed E-state index contributed by atoms with van der Waals surface area (Å²) in [6.45, 7) is 0.792. The third-order valence-corrected chi connectivity index (χ3v) is 4.60. The maximum absolute atomic E-state index is 12.8. The lowest BCUT2D eigenvalue weighted by atomic mass is 9.94. The predicted molar refractivity (Wildman–Crippen MR) is 86.7 cm³/mol. The SMILES string of the molecule is CN1CCC(Cc2nc(CCc3cc(=O)[nH]o3)n(CC(F)(F)F)n2)CC1. The number of nitrogens with one attached hydrogen (secondary N) is 1. The molecule has 0 amide bonds. The van der Waals surface area contributed by atoms with Gasteiger partial charge in [0.2, 0.25) is 0 Å². The van der Waals surface area contributed by atoms with Crippen molar-refractivity contribution in [2.75, 3.05) is 20.1 Å². The van der Waals surface area contributed by atoms with Gasteiger partial charge in [0.25, 0.3) is 5.56 Å². The van der Waals surface area contributed by atoms with Crippen molar-refractivity contribution in [3.05, 3.63) is 33.8 Å². The van der Waals surface area contributed by atoms with Crippen LogP contribution >= 0.6 is 0 Å². The third kappa shape index (κ3) is 5.20. The number of hydrogen-bond acceptors (Lipinski definition) is 5. The van der Waals surface area contributed by atoms with Crippen molar-refractivity contribution >= 4 is 0 Å². The molecule has 10 heteroatoms. The zero-order chi connectivity index (χ0) is 18.7. The lowest BCUT2D eigenvalue weighted by Gasteiger charge is -2.28. The molecular weight excluding hydrogens is 351 g/mol. The van der Waals surface area contributed by atoms with Crippen LogP contribution in [-0.4, -0.2) is 51.1 Å². The summed E-state index contributed by atoms with van der Waals surface area (Å²) < 4.78 is 44.4. The van der Waals surface area contributed by atoms with E-state index in [0.717, 1.165) is 30.6 Å². The van der Waals surface area contributed by atoms with Gasteiger partial charge in [0.05, 0.1) is 0 Å². The van der Waals surface area contributed by atoms with Crippen LogP contribution in [-0.2, 0) is 25.8 Å². The van der Waals surface area contributed by atoms with Gasteiger partial charge in [-0.3, -0.25) is 4.79 Å². The summed E-state index contributed by atoms with van der Waals surface area (Å²) in [7, 11) is 2.06. The monoisotopic (exact) mass is 373 g/mol. The van der Waals surface area contributed by atoms with Gasteiger partial charge >= 0.3 is 6.18 Å². The maximum atomic E-state index is 12.8. The largest absolute Gasteiger partial charge is 0.408 e. The first-order valence-corrected chi connectivity index (χ1v) is 8.64. The highest BCUT2D eigenvalue weighted by Gasteiger charge is 2.30. The molecular formula is C16H22F3N5O2. The lowest BCUT2D eigenvalue weighted by molar-refractivity contribution is -0.143. The standard InChI is InChI=1S/C16H22F3N5O2/c1-23-6-4-11(5-7-23)8-13-20-14(24(21-13)10-16(17,18)19)3-2-12-9-15(25)22-26-12/h9,11H,2-8,10H2,1H3,(H,22,25).